The van der Waals surface area contributed by atoms with Crippen LogP contribution in [-0.4, -0.2) is 101 Å². The van der Waals surface area contributed by atoms with E-state index in [-0.39, 0.29) is 103 Å². The van der Waals surface area contributed by atoms with Crippen LogP contribution in [0.25, 0.3) is 0 Å². The van der Waals surface area contributed by atoms with Crippen LogP contribution >= 0.6 is 45.3 Å². The van der Waals surface area contributed by atoms with Gasteiger partial charge in [0.25, 0.3) is 63.7 Å². The Balaban J connectivity index is 0.000000241. The van der Waals surface area contributed by atoms with E-state index in [0.717, 1.165) is 40.4 Å². The third kappa shape index (κ3) is 21.0. The van der Waals surface area contributed by atoms with Crippen molar-refractivity contribution in [2.75, 3.05) is 40.1 Å². The maximum atomic E-state index is 13.6. The van der Waals surface area contributed by atoms with Gasteiger partial charge in [0.2, 0.25) is 23.5 Å². The molecule has 0 spiro atoms. The number of nitrogens with one attached hydrogen (secondary N) is 8. The predicted octanol–water partition coefficient (Wildman–Crippen LogP) is 16.9. The zero-order chi connectivity index (χ0) is 126. The number of carbonyl (C=O) groups is 8. The number of Topliss-reactive ketones (excluding diaryl/α,β-unsaturated/α-hetero) is 4. The predicted molar refractivity (Wildman–Crippen MR) is 460 cm³/mol. The molecule has 120 heavy (non-hydrogen) atoms. The van der Waals surface area contributed by atoms with Gasteiger partial charge in [-0.1, -0.05) is 44.8 Å². The van der Waals surface area contributed by atoms with E-state index in [9.17, 15) is 72.0 Å². The summed E-state index contributed by atoms with van der Waals surface area (Å²) >= 11 is 1.96. The lowest BCUT2D eigenvalue weighted by molar-refractivity contribution is 0.100. The summed E-state index contributed by atoms with van der Waals surface area (Å²) in [7, 11) is -19.9. The van der Waals surface area contributed by atoms with Crippen LogP contribution in [0.4, 0.5) is 46.3 Å². The number of ketones is 4. The van der Waals surface area contributed by atoms with Crippen molar-refractivity contribution in [1.82, 2.24) is 20.6 Å². The number of benzene rings is 4. The summed E-state index contributed by atoms with van der Waals surface area (Å²) < 4.78 is 470. The summed E-state index contributed by atoms with van der Waals surface area (Å²) in [6.07, 6.45) is 0. The van der Waals surface area contributed by atoms with E-state index < -0.39 is 321 Å². The summed E-state index contributed by atoms with van der Waals surface area (Å²) in [5.41, 5.74) is -13.8. The highest BCUT2D eigenvalue weighted by atomic mass is 32.2. The number of sulfonamides is 4. The zero-order valence-corrected chi connectivity index (χ0v) is 69.1. The lowest BCUT2D eigenvalue weighted by atomic mass is 10.0. The molecule has 0 unspecified atom stereocenters. The number of anilines is 8. The van der Waals surface area contributed by atoms with Gasteiger partial charge in [-0.05, 0) is 252 Å². The quantitative estimate of drug-likeness (QED) is 0.0260. The van der Waals surface area contributed by atoms with Crippen LogP contribution in [0.5, 0.6) is 0 Å². The minimum atomic E-state index is -5.22. The number of aryl methyl sites for hydroxylation is 6. The van der Waals surface area contributed by atoms with Crippen molar-refractivity contribution >= 4 is 178 Å². The normalized spacial score (nSPS) is 17.8. The van der Waals surface area contributed by atoms with Gasteiger partial charge in [-0.15, -0.1) is 45.3 Å². The van der Waals surface area contributed by atoms with Crippen LogP contribution in [0.3, 0.4) is 0 Å². The molecule has 0 aliphatic heterocycles. The van der Waals surface area contributed by atoms with Crippen LogP contribution in [0.15, 0.2) is 132 Å². The van der Waals surface area contributed by atoms with Crippen molar-refractivity contribution in [3.05, 3.63) is 225 Å². The fourth-order valence-electron chi connectivity index (χ4n) is 9.64. The van der Waals surface area contributed by atoms with Crippen molar-refractivity contribution in [3.63, 3.8) is 0 Å². The molecule has 12 rings (SSSR count). The average Bonchev–Trinajstić information content (AvgIpc) is 0.793. The standard InChI is InChI=1S/4C20H21N3O5S2/c4*1-10-8-11(2)17(15(9-10)14(5)24)21-19(25)18-16(6-7-29-18)30(26,27)23-20-12(3)13(4)22-28-20/h4*6-9,23H,1-5H3,(H,21,25)/i1D3,2D3,3D3,5D3,8D;3D3,5D3,8D,9D;1D3,2D3,5D3,8D;5D3,8D,9D/hD8. The number of hydrogen-bond acceptors (Lipinski definition) is 28. The van der Waals surface area contributed by atoms with Crippen molar-refractivity contribution < 1.29 is 151 Å². The molecule has 32 nitrogen and oxygen atoms in total. The molecule has 632 valence electrons. The fraction of sp³-hybridized carbons (Fsp3) is 0.250. The first-order chi connectivity index (χ1) is 74.2. The lowest BCUT2D eigenvalue weighted by Crippen LogP contribution is -2.20. The molecule has 0 saturated carbocycles. The van der Waals surface area contributed by atoms with Gasteiger partial charge >= 0.3 is 0 Å². The third-order valence-electron chi connectivity index (χ3n) is 15.6. The number of amides is 4. The highest BCUT2D eigenvalue weighted by Gasteiger charge is 2.33. The molecule has 8 heterocycles. The summed E-state index contributed by atoms with van der Waals surface area (Å²) in [4.78, 5) is 99.3. The molecule has 0 saturated heterocycles. The number of carbonyl (C=O) groups excluding carboxylic acids is 8. The second-order valence-electron chi connectivity index (χ2n) is 24.1. The minimum absolute atomic E-state index is 0.0232. The number of nitrogens with zero attached hydrogens (tertiary/aromatic N) is 4. The first kappa shape index (κ1) is 48.4. The Labute approximate surface area is 770 Å². The topological polar surface area (TPSA) is 473 Å². The van der Waals surface area contributed by atoms with Gasteiger partial charge in [0.1, 0.15) is 39.1 Å². The first-order valence-corrected chi connectivity index (χ1v) is 41.8. The maximum absolute atomic E-state index is 13.6. The summed E-state index contributed by atoms with van der Waals surface area (Å²) in [6, 6.07) is 0.0148. The Bertz CT molecular complexity index is 8540. The van der Waals surface area contributed by atoms with E-state index in [1.165, 1.54) is 67.7 Å². The van der Waals surface area contributed by atoms with Gasteiger partial charge < -0.3 is 39.3 Å². The molecule has 8 aromatic heterocycles. The molecule has 12 aromatic rings. The van der Waals surface area contributed by atoms with Gasteiger partial charge in [-0.2, -0.15) is 0 Å². The average molecular weight is 1830 g/mol. The highest BCUT2D eigenvalue weighted by Crippen LogP contribution is 2.36. The van der Waals surface area contributed by atoms with E-state index >= 15 is 0 Å². The van der Waals surface area contributed by atoms with Crippen LogP contribution in [0.1, 0.15) is 246 Å². The monoisotopic (exact) mass is 1830 g/mol. The van der Waals surface area contributed by atoms with Gasteiger partial charge in [-0.3, -0.25) is 38.4 Å². The van der Waals surface area contributed by atoms with Crippen molar-refractivity contribution in [3.8, 4) is 0 Å². The smallest absolute Gasteiger partial charge is 0.267 e. The number of hydrogen-bond donors (Lipinski definition) is 8. The largest absolute Gasteiger partial charge is 0.337 e. The highest BCUT2D eigenvalue weighted by molar-refractivity contribution is 7.94. The molecule has 0 bridgehead atoms. The Kier molecular flexibility index (Phi) is 15.0. The van der Waals surface area contributed by atoms with Crippen LogP contribution in [0, 0.1) is 110 Å². The van der Waals surface area contributed by atoms with E-state index in [1.54, 1.807) is 6.92 Å². The Morgan fingerprint density at radius 3 is 0.825 bits per heavy atom. The molecule has 4 aromatic carbocycles. The van der Waals surface area contributed by atoms with E-state index in [4.69, 9.17) is 78.7 Å². The molecule has 0 radical (unpaired) electrons. The molecule has 0 atom stereocenters. The first-order valence-electron chi connectivity index (χ1n) is 54.1. The van der Waals surface area contributed by atoms with Crippen molar-refractivity contribution in [1.29, 1.82) is 0 Å². The molecule has 0 aliphatic rings. The third-order valence-corrected chi connectivity index (χ3v) is 24.9. The fourth-order valence-corrected chi connectivity index (χ4v) is 18.6. The van der Waals surface area contributed by atoms with Gasteiger partial charge in [0, 0.05) is 85.6 Å². The van der Waals surface area contributed by atoms with Gasteiger partial charge in [0.05, 0.1) is 53.7 Å². The Hall–Kier alpha value is -11.9. The van der Waals surface area contributed by atoms with Gasteiger partial charge in [0.15, 0.2) is 34.4 Å². The number of rotatable bonds is 24. The second kappa shape index (κ2) is 37.2. The van der Waals surface area contributed by atoms with Crippen LogP contribution < -0.4 is 40.1 Å². The molecule has 8 N–H and O–H groups in total. The maximum Gasteiger partial charge on any atom is 0.267 e. The van der Waals surface area contributed by atoms with Gasteiger partial charge in [-0.25, -0.2) is 52.5 Å². The number of thiophene rings is 4. The molecule has 0 fully saturated rings. The number of aromatic nitrogens is 4. The molecule has 4 amide bonds. The molecular formula is C80H84N12O20S8. The van der Waals surface area contributed by atoms with Crippen LogP contribution in [-0.2, 0) is 40.1 Å². The Morgan fingerprint density at radius 1 is 0.333 bits per heavy atom. The molecule has 40 heteroatoms. The second-order valence-corrected chi connectivity index (χ2v) is 34.0. The molecule has 0 aliphatic carbocycles. The van der Waals surface area contributed by atoms with E-state index in [0.29, 0.717) is 63.2 Å². The zero-order valence-electron chi connectivity index (χ0n) is 107. The van der Waals surface area contributed by atoms with E-state index in [1.807, 2.05) is 0 Å². The SMILES string of the molecule is [2H]c1c(C([2H])([2H])[2H])cc(C(=O)C([2H])([2H])[2H])c(N([2H])C(=O)c2sccc2S(=O)(=O)N([2H])c2onc(C)c2C([2H])([2H])[2H])c1C([2H])([2H])[2H].[2H]c1c(C([2H])([2H])[2H])cc(C(=O)C([2H])([2H])[2H])c(N([2H])C(=O)c2sccc2S(=O)(=O)N([2H])c2onc(C)c2C)c1C([2H])([2H])[2H].[2H]c1c(C)c([2H])c(C(=O)C([2H])([2H])[2H])c(N([2H])C(=O)c2sccc2S(=O)(=O)N([2H])c2onc(C)c2C([2H])([2H])[2H])c1C.[2H]c1c(C)c([2H])c(C(=O)C([2H])([2H])[2H])c(N([2H])C(=O)c2sccc2S(=O)(=O)N([2H])c2onc(C)c2C)c1C. The summed E-state index contributed by atoms with van der Waals surface area (Å²) in [5, 5.41) is 18.0. The molecular weight excluding hydrogens is 1710 g/mol. The summed E-state index contributed by atoms with van der Waals surface area (Å²) in [6.45, 7) is -19.4. The minimum Gasteiger partial charge on any atom is -0.337 e. The van der Waals surface area contributed by atoms with Crippen molar-refractivity contribution in [2.45, 2.75) is 157 Å². The summed E-state index contributed by atoms with van der Waals surface area (Å²) in [5.74, 6) is -15.6. The Morgan fingerprint density at radius 2 is 0.583 bits per heavy atom. The van der Waals surface area contributed by atoms with E-state index in [2.05, 4.69) is 20.6 Å². The lowest BCUT2D eigenvalue weighted by Gasteiger charge is -2.14. The van der Waals surface area contributed by atoms with Crippen molar-refractivity contribution in [2.24, 2.45) is 0 Å². The van der Waals surface area contributed by atoms with Crippen LogP contribution in [0.2, 0.25) is 11.3 Å².